The molecule has 0 spiro atoms. The smallest absolute Gasteiger partial charge is 0.315 e. The standard InChI is InChI=1S/C26H19ClO2/c27-23-15-13-21(14-16-23)25-22(12-11-19-7-3-1-4-8-19)18-29-26(28)24(25)17-20-9-5-2-6-10-20/h1-10,13-16,18,24-25H,17H2/t24-,25+/m0/s1. The Kier molecular flexibility index (Phi) is 5.79. The van der Waals surface area contributed by atoms with Gasteiger partial charge in [-0.1, -0.05) is 84.1 Å². The minimum atomic E-state index is -0.358. The van der Waals surface area contributed by atoms with Gasteiger partial charge in [-0.3, -0.25) is 4.79 Å². The molecule has 0 unspecified atom stereocenters. The van der Waals surface area contributed by atoms with Crippen LogP contribution in [0, 0.1) is 17.8 Å². The molecule has 0 bridgehead atoms. The first-order chi connectivity index (χ1) is 14.2. The van der Waals surface area contributed by atoms with Crippen LogP contribution in [0.4, 0.5) is 0 Å². The monoisotopic (exact) mass is 398 g/mol. The molecule has 2 atom stereocenters. The van der Waals surface area contributed by atoms with E-state index >= 15 is 0 Å². The van der Waals surface area contributed by atoms with Gasteiger partial charge in [0.25, 0.3) is 0 Å². The Morgan fingerprint density at radius 3 is 2.17 bits per heavy atom. The normalized spacial score (nSPS) is 18.2. The van der Waals surface area contributed by atoms with Gasteiger partial charge < -0.3 is 4.74 Å². The van der Waals surface area contributed by atoms with Gasteiger partial charge in [-0.15, -0.1) is 0 Å². The van der Waals surface area contributed by atoms with Crippen LogP contribution < -0.4 is 0 Å². The molecule has 1 aliphatic heterocycles. The SMILES string of the molecule is O=C1OC=C(C#Cc2ccccc2)[C@@H](c2ccc(Cl)cc2)[C@@H]1Cc1ccccc1. The van der Waals surface area contributed by atoms with Crippen molar-refractivity contribution in [3.8, 4) is 11.8 Å². The molecule has 3 aromatic carbocycles. The van der Waals surface area contributed by atoms with E-state index in [9.17, 15) is 4.79 Å². The second kappa shape index (κ2) is 8.82. The summed E-state index contributed by atoms with van der Waals surface area (Å²) in [4.78, 5) is 12.7. The fourth-order valence-corrected chi connectivity index (χ4v) is 3.69. The summed E-state index contributed by atoms with van der Waals surface area (Å²) in [6.45, 7) is 0. The highest BCUT2D eigenvalue weighted by atomic mass is 35.5. The Labute approximate surface area is 175 Å². The van der Waals surface area contributed by atoms with Crippen molar-refractivity contribution >= 4 is 17.6 Å². The maximum absolute atomic E-state index is 12.7. The first-order valence-electron chi connectivity index (χ1n) is 9.48. The number of ether oxygens (including phenoxy) is 1. The summed E-state index contributed by atoms with van der Waals surface area (Å²) in [5, 5.41) is 0.660. The Bertz CT molecular complexity index is 1070. The van der Waals surface area contributed by atoms with Crippen molar-refractivity contribution in [3.63, 3.8) is 0 Å². The fourth-order valence-electron chi connectivity index (χ4n) is 3.56. The molecule has 0 fully saturated rings. The van der Waals surface area contributed by atoms with Gasteiger partial charge in [0, 0.05) is 22.1 Å². The van der Waals surface area contributed by atoms with Crippen LogP contribution in [0.1, 0.15) is 22.6 Å². The molecule has 142 valence electrons. The van der Waals surface area contributed by atoms with Crippen LogP contribution in [0.3, 0.4) is 0 Å². The van der Waals surface area contributed by atoms with Gasteiger partial charge in [0.05, 0.1) is 5.92 Å². The zero-order valence-corrected chi connectivity index (χ0v) is 16.5. The predicted molar refractivity (Wildman–Crippen MR) is 115 cm³/mol. The van der Waals surface area contributed by atoms with Crippen LogP contribution in [-0.2, 0) is 16.0 Å². The van der Waals surface area contributed by atoms with Gasteiger partial charge in [0.1, 0.15) is 6.26 Å². The number of carbonyl (C=O) groups excluding carboxylic acids is 1. The zero-order chi connectivity index (χ0) is 20.1. The van der Waals surface area contributed by atoms with E-state index in [2.05, 4.69) is 11.8 Å². The van der Waals surface area contributed by atoms with Crippen molar-refractivity contribution in [1.82, 2.24) is 0 Å². The first-order valence-corrected chi connectivity index (χ1v) is 9.85. The molecule has 0 saturated heterocycles. The molecule has 1 aliphatic rings. The van der Waals surface area contributed by atoms with Crippen molar-refractivity contribution in [2.75, 3.05) is 0 Å². The summed E-state index contributed by atoms with van der Waals surface area (Å²) in [7, 11) is 0. The molecule has 1 heterocycles. The van der Waals surface area contributed by atoms with Gasteiger partial charge >= 0.3 is 5.97 Å². The Morgan fingerprint density at radius 2 is 1.48 bits per heavy atom. The van der Waals surface area contributed by atoms with Crippen LogP contribution in [0.5, 0.6) is 0 Å². The Balaban J connectivity index is 1.73. The number of carbonyl (C=O) groups is 1. The number of benzene rings is 3. The minimum absolute atomic E-state index is 0.190. The number of allylic oxidation sites excluding steroid dienone is 1. The van der Waals surface area contributed by atoms with E-state index in [1.807, 2.05) is 84.9 Å². The summed E-state index contributed by atoms with van der Waals surface area (Å²) in [5.41, 5.74) is 3.79. The predicted octanol–water partition coefficient (Wildman–Crippen LogP) is 5.77. The third-order valence-electron chi connectivity index (χ3n) is 4.99. The molecule has 0 amide bonds. The van der Waals surface area contributed by atoms with Crippen LogP contribution >= 0.6 is 11.6 Å². The number of cyclic esters (lactones) is 1. The lowest BCUT2D eigenvalue weighted by Crippen LogP contribution is -2.30. The van der Waals surface area contributed by atoms with E-state index in [4.69, 9.17) is 16.3 Å². The second-order valence-corrected chi connectivity index (χ2v) is 7.39. The maximum Gasteiger partial charge on any atom is 0.315 e. The summed E-state index contributed by atoms with van der Waals surface area (Å²) >= 11 is 6.09. The molecule has 4 rings (SSSR count). The summed E-state index contributed by atoms with van der Waals surface area (Å²) < 4.78 is 5.41. The average molecular weight is 399 g/mol. The maximum atomic E-state index is 12.7. The largest absolute Gasteiger partial charge is 0.433 e. The second-order valence-electron chi connectivity index (χ2n) is 6.95. The zero-order valence-electron chi connectivity index (χ0n) is 15.7. The van der Waals surface area contributed by atoms with E-state index in [1.165, 1.54) is 6.26 Å². The fraction of sp³-hybridized carbons (Fsp3) is 0.115. The van der Waals surface area contributed by atoms with E-state index in [-0.39, 0.29) is 17.8 Å². The summed E-state index contributed by atoms with van der Waals surface area (Å²) in [6, 6.07) is 27.4. The lowest BCUT2D eigenvalue weighted by molar-refractivity contribution is -0.144. The highest BCUT2D eigenvalue weighted by molar-refractivity contribution is 6.30. The highest BCUT2D eigenvalue weighted by Crippen LogP contribution is 2.38. The van der Waals surface area contributed by atoms with Gasteiger partial charge in [-0.2, -0.15) is 0 Å². The van der Waals surface area contributed by atoms with Crippen LogP contribution in [0.2, 0.25) is 5.02 Å². The molecular formula is C26H19ClO2. The minimum Gasteiger partial charge on any atom is -0.433 e. The molecule has 3 heteroatoms. The number of halogens is 1. The van der Waals surface area contributed by atoms with Crippen molar-refractivity contribution in [2.45, 2.75) is 12.3 Å². The first kappa shape index (κ1) is 19.1. The molecule has 29 heavy (non-hydrogen) atoms. The molecule has 0 radical (unpaired) electrons. The third kappa shape index (κ3) is 4.59. The lowest BCUT2D eigenvalue weighted by atomic mass is 9.77. The highest BCUT2D eigenvalue weighted by Gasteiger charge is 2.36. The van der Waals surface area contributed by atoms with Crippen LogP contribution in [-0.4, -0.2) is 5.97 Å². The van der Waals surface area contributed by atoms with Crippen molar-refractivity contribution in [3.05, 3.63) is 118 Å². The van der Waals surface area contributed by atoms with E-state index in [0.29, 0.717) is 11.4 Å². The molecule has 0 saturated carbocycles. The molecule has 0 aliphatic carbocycles. The van der Waals surface area contributed by atoms with Gasteiger partial charge in [0.2, 0.25) is 0 Å². The number of esters is 1. The number of hydrogen-bond acceptors (Lipinski definition) is 2. The lowest BCUT2D eigenvalue weighted by Gasteiger charge is -2.29. The van der Waals surface area contributed by atoms with Crippen molar-refractivity contribution in [2.24, 2.45) is 5.92 Å². The quantitative estimate of drug-likeness (QED) is 0.413. The summed E-state index contributed by atoms with van der Waals surface area (Å²) in [5.74, 6) is 5.64. The van der Waals surface area contributed by atoms with Crippen molar-refractivity contribution < 1.29 is 9.53 Å². The molecular weight excluding hydrogens is 380 g/mol. The molecule has 0 N–H and O–H groups in total. The van der Waals surface area contributed by atoms with E-state index in [1.54, 1.807) is 0 Å². The van der Waals surface area contributed by atoms with Gasteiger partial charge in [-0.25, -0.2) is 0 Å². The van der Waals surface area contributed by atoms with Crippen molar-refractivity contribution in [1.29, 1.82) is 0 Å². The number of rotatable bonds is 3. The van der Waals surface area contributed by atoms with E-state index in [0.717, 1.165) is 22.3 Å². The molecule has 2 nitrogen and oxygen atoms in total. The molecule has 3 aromatic rings. The number of hydrogen-bond donors (Lipinski definition) is 0. The summed E-state index contributed by atoms with van der Waals surface area (Å²) in [6.07, 6.45) is 2.08. The Morgan fingerprint density at radius 1 is 0.828 bits per heavy atom. The Hall–Kier alpha value is -3.28. The van der Waals surface area contributed by atoms with Crippen LogP contribution in [0.15, 0.2) is 96.8 Å². The topological polar surface area (TPSA) is 26.3 Å². The third-order valence-corrected chi connectivity index (χ3v) is 5.25. The van der Waals surface area contributed by atoms with Crippen LogP contribution in [0.25, 0.3) is 0 Å². The van der Waals surface area contributed by atoms with Gasteiger partial charge in [0.15, 0.2) is 0 Å². The van der Waals surface area contributed by atoms with Gasteiger partial charge in [-0.05, 0) is 41.8 Å². The van der Waals surface area contributed by atoms with E-state index < -0.39 is 0 Å². The average Bonchev–Trinajstić information content (AvgIpc) is 2.76. The molecule has 0 aromatic heterocycles.